The maximum Gasteiger partial charge on any atom is 0.196 e. The first kappa shape index (κ1) is 12.9. The second-order valence-electron chi connectivity index (χ2n) is 4.32. The standard InChI is InChI=1S/C16H16OS/c1-13(12-14-8-4-2-5-9-14)16(17)18-15-10-6-3-7-11-15/h2-11,13H,12H2,1H3/t13-/m0/s1. The average molecular weight is 256 g/mol. The van der Waals surface area contributed by atoms with Crippen molar-refractivity contribution in [1.29, 1.82) is 0 Å². The molecular formula is C16H16OS. The number of carbonyl (C=O) groups is 1. The van der Waals surface area contributed by atoms with Crippen LogP contribution in [0.2, 0.25) is 0 Å². The van der Waals surface area contributed by atoms with Gasteiger partial charge in [-0.3, -0.25) is 4.79 Å². The van der Waals surface area contributed by atoms with Crippen molar-refractivity contribution < 1.29 is 4.79 Å². The Morgan fingerprint density at radius 1 is 1.00 bits per heavy atom. The molecule has 2 aromatic carbocycles. The molecule has 0 unspecified atom stereocenters. The lowest BCUT2D eigenvalue weighted by Gasteiger charge is -2.09. The fourth-order valence-corrected chi connectivity index (χ4v) is 2.57. The molecule has 1 atom stereocenters. The quantitative estimate of drug-likeness (QED) is 0.763. The van der Waals surface area contributed by atoms with Crippen LogP contribution in [0.5, 0.6) is 0 Å². The van der Waals surface area contributed by atoms with E-state index in [1.54, 1.807) is 0 Å². The van der Waals surface area contributed by atoms with E-state index in [0.29, 0.717) is 0 Å². The molecule has 92 valence electrons. The van der Waals surface area contributed by atoms with Crippen molar-refractivity contribution in [3.05, 3.63) is 66.2 Å². The number of benzene rings is 2. The first-order valence-electron chi connectivity index (χ1n) is 6.06. The fourth-order valence-electron chi connectivity index (χ4n) is 1.76. The molecule has 18 heavy (non-hydrogen) atoms. The van der Waals surface area contributed by atoms with Crippen molar-refractivity contribution in [3.63, 3.8) is 0 Å². The zero-order valence-electron chi connectivity index (χ0n) is 10.4. The smallest absolute Gasteiger partial charge is 0.196 e. The van der Waals surface area contributed by atoms with E-state index in [9.17, 15) is 4.79 Å². The van der Waals surface area contributed by atoms with Crippen LogP contribution in [0, 0.1) is 5.92 Å². The van der Waals surface area contributed by atoms with Crippen LogP contribution in [0.4, 0.5) is 0 Å². The molecular weight excluding hydrogens is 240 g/mol. The molecule has 0 aromatic heterocycles. The highest BCUT2D eigenvalue weighted by atomic mass is 32.2. The minimum absolute atomic E-state index is 0.0395. The highest BCUT2D eigenvalue weighted by Gasteiger charge is 2.14. The Morgan fingerprint density at radius 2 is 1.56 bits per heavy atom. The van der Waals surface area contributed by atoms with Gasteiger partial charge < -0.3 is 0 Å². The van der Waals surface area contributed by atoms with Gasteiger partial charge in [0.15, 0.2) is 5.12 Å². The van der Waals surface area contributed by atoms with E-state index in [2.05, 4.69) is 12.1 Å². The van der Waals surface area contributed by atoms with Crippen LogP contribution in [-0.4, -0.2) is 5.12 Å². The Balaban J connectivity index is 1.93. The third-order valence-electron chi connectivity index (χ3n) is 2.75. The molecule has 0 aliphatic rings. The van der Waals surface area contributed by atoms with Gasteiger partial charge in [0.25, 0.3) is 0 Å². The van der Waals surface area contributed by atoms with E-state index in [1.807, 2.05) is 55.5 Å². The van der Waals surface area contributed by atoms with Gasteiger partial charge in [-0.05, 0) is 24.1 Å². The van der Waals surface area contributed by atoms with Gasteiger partial charge in [0.2, 0.25) is 0 Å². The number of hydrogen-bond acceptors (Lipinski definition) is 2. The van der Waals surface area contributed by atoms with Gasteiger partial charge in [-0.1, -0.05) is 67.2 Å². The lowest BCUT2D eigenvalue weighted by atomic mass is 10.0. The first-order valence-corrected chi connectivity index (χ1v) is 6.88. The summed E-state index contributed by atoms with van der Waals surface area (Å²) in [7, 11) is 0. The molecule has 0 N–H and O–H groups in total. The Bertz CT molecular complexity index is 493. The molecule has 0 aliphatic carbocycles. The highest BCUT2D eigenvalue weighted by Crippen LogP contribution is 2.23. The van der Waals surface area contributed by atoms with Gasteiger partial charge in [0, 0.05) is 10.8 Å². The Hall–Kier alpha value is -1.54. The van der Waals surface area contributed by atoms with E-state index in [-0.39, 0.29) is 11.0 Å². The predicted molar refractivity (Wildman–Crippen MR) is 76.6 cm³/mol. The second-order valence-corrected chi connectivity index (χ2v) is 5.40. The molecule has 0 heterocycles. The van der Waals surface area contributed by atoms with Crippen LogP contribution in [0.1, 0.15) is 12.5 Å². The van der Waals surface area contributed by atoms with Gasteiger partial charge in [-0.25, -0.2) is 0 Å². The first-order chi connectivity index (χ1) is 8.75. The predicted octanol–water partition coefficient (Wildman–Crippen LogP) is 4.18. The minimum atomic E-state index is 0.0395. The molecule has 0 radical (unpaired) electrons. The summed E-state index contributed by atoms with van der Waals surface area (Å²) in [6.07, 6.45) is 0.805. The molecule has 1 nitrogen and oxygen atoms in total. The Kier molecular flexibility index (Phi) is 4.59. The van der Waals surface area contributed by atoms with Crippen molar-refractivity contribution in [1.82, 2.24) is 0 Å². The molecule has 0 bridgehead atoms. The monoisotopic (exact) mass is 256 g/mol. The van der Waals surface area contributed by atoms with Crippen LogP contribution >= 0.6 is 11.8 Å². The van der Waals surface area contributed by atoms with E-state index >= 15 is 0 Å². The summed E-state index contributed by atoms with van der Waals surface area (Å²) >= 11 is 1.33. The van der Waals surface area contributed by atoms with Gasteiger partial charge in [0.05, 0.1) is 0 Å². The summed E-state index contributed by atoms with van der Waals surface area (Å²) in [6, 6.07) is 20.0. The maximum atomic E-state index is 12.1. The minimum Gasteiger partial charge on any atom is -0.287 e. The molecule has 2 rings (SSSR count). The van der Waals surface area contributed by atoms with Gasteiger partial charge in [0.1, 0.15) is 0 Å². The highest BCUT2D eigenvalue weighted by molar-refractivity contribution is 8.13. The molecule has 0 aliphatic heterocycles. The molecule has 0 spiro atoms. The molecule has 0 amide bonds. The summed E-state index contributed by atoms with van der Waals surface area (Å²) in [5, 5.41) is 0.227. The number of rotatable bonds is 4. The molecule has 0 saturated heterocycles. The molecule has 0 saturated carbocycles. The summed E-state index contributed by atoms with van der Waals surface area (Å²) in [4.78, 5) is 13.1. The molecule has 2 heteroatoms. The van der Waals surface area contributed by atoms with Crippen molar-refractivity contribution in [2.75, 3.05) is 0 Å². The van der Waals surface area contributed by atoms with Crippen molar-refractivity contribution in [2.24, 2.45) is 5.92 Å². The van der Waals surface area contributed by atoms with Crippen LogP contribution in [0.3, 0.4) is 0 Å². The van der Waals surface area contributed by atoms with Gasteiger partial charge >= 0.3 is 0 Å². The van der Waals surface area contributed by atoms with Crippen LogP contribution < -0.4 is 0 Å². The number of carbonyl (C=O) groups excluding carboxylic acids is 1. The van der Waals surface area contributed by atoms with Gasteiger partial charge in [-0.2, -0.15) is 0 Å². The van der Waals surface area contributed by atoms with Gasteiger partial charge in [-0.15, -0.1) is 0 Å². The summed E-state index contributed by atoms with van der Waals surface area (Å²) < 4.78 is 0. The normalized spacial score (nSPS) is 12.1. The van der Waals surface area contributed by atoms with Crippen LogP contribution in [0.15, 0.2) is 65.6 Å². The van der Waals surface area contributed by atoms with Crippen molar-refractivity contribution in [2.45, 2.75) is 18.2 Å². The lowest BCUT2D eigenvalue weighted by molar-refractivity contribution is -0.113. The largest absolute Gasteiger partial charge is 0.287 e. The second kappa shape index (κ2) is 6.41. The van der Waals surface area contributed by atoms with E-state index in [0.717, 1.165) is 11.3 Å². The third kappa shape index (κ3) is 3.74. The zero-order chi connectivity index (χ0) is 12.8. The fraction of sp³-hybridized carbons (Fsp3) is 0.188. The SMILES string of the molecule is C[C@@H](Cc1ccccc1)C(=O)Sc1ccccc1. The topological polar surface area (TPSA) is 17.1 Å². The molecule has 2 aromatic rings. The Labute approximate surface area is 112 Å². The van der Waals surface area contributed by atoms with Crippen molar-refractivity contribution in [3.8, 4) is 0 Å². The maximum absolute atomic E-state index is 12.1. The number of thioether (sulfide) groups is 1. The van der Waals surface area contributed by atoms with E-state index in [1.165, 1.54) is 17.3 Å². The Morgan fingerprint density at radius 3 is 2.17 bits per heavy atom. The third-order valence-corrected chi connectivity index (χ3v) is 3.86. The zero-order valence-corrected chi connectivity index (χ0v) is 11.2. The average Bonchev–Trinajstić information content (AvgIpc) is 2.41. The van der Waals surface area contributed by atoms with Crippen LogP contribution in [-0.2, 0) is 11.2 Å². The number of hydrogen-bond donors (Lipinski definition) is 0. The summed E-state index contributed by atoms with van der Waals surface area (Å²) in [6.45, 7) is 1.99. The lowest BCUT2D eigenvalue weighted by Crippen LogP contribution is -2.09. The van der Waals surface area contributed by atoms with E-state index in [4.69, 9.17) is 0 Å². The van der Waals surface area contributed by atoms with Crippen molar-refractivity contribution >= 4 is 16.9 Å². The van der Waals surface area contributed by atoms with Crippen LogP contribution in [0.25, 0.3) is 0 Å². The summed E-state index contributed by atoms with van der Waals surface area (Å²) in [5.41, 5.74) is 1.21. The molecule has 0 fully saturated rings. The summed E-state index contributed by atoms with van der Waals surface area (Å²) in [5.74, 6) is 0.0395. The van der Waals surface area contributed by atoms with E-state index < -0.39 is 0 Å².